The lowest BCUT2D eigenvalue weighted by molar-refractivity contribution is 0.659. The Bertz CT molecular complexity index is 374. The third kappa shape index (κ3) is 5.80. The van der Waals surface area contributed by atoms with E-state index in [9.17, 15) is 0 Å². The Morgan fingerprint density at radius 2 is 1.80 bits per heavy atom. The molecule has 0 bridgehead atoms. The van der Waals surface area contributed by atoms with E-state index in [1.807, 2.05) is 6.20 Å². The first kappa shape index (κ1) is 17.4. The van der Waals surface area contributed by atoms with Crippen LogP contribution in [0.3, 0.4) is 0 Å². The molecule has 0 amide bonds. The fourth-order valence-electron chi connectivity index (χ4n) is 2.17. The maximum absolute atomic E-state index is 4.68. The normalized spacial score (nSPS) is 10.8. The molecular formula is C16H28BrN3. The van der Waals surface area contributed by atoms with Crippen molar-refractivity contribution in [3.05, 3.63) is 22.3 Å². The van der Waals surface area contributed by atoms with Gasteiger partial charge in [0.05, 0.1) is 0 Å². The summed E-state index contributed by atoms with van der Waals surface area (Å²) in [6.45, 7) is 10.7. The second-order valence-electron chi connectivity index (χ2n) is 5.11. The summed E-state index contributed by atoms with van der Waals surface area (Å²) in [5, 5.41) is 3.41. The second-order valence-corrected chi connectivity index (χ2v) is 6.03. The van der Waals surface area contributed by atoms with Gasteiger partial charge in [-0.2, -0.15) is 0 Å². The molecule has 0 atom stereocenters. The maximum Gasteiger partial charge on any atom is 0.133 e. The van der Waals surface area contributed by atoms with Crippen LogP contribution >= 0.6 is 15.9 Å². The molecule has 0 saturated carbocycles. The van der Waals surface area contributed by atoms with Gasteiger partial charge in [-0.25, -0.2) is 4.98 Å². The molecule has 0 aromatic carbocycles. The predicted molar refractivity (Wildman–Crippen MR) is 91.3 cm³/mol. The van der Waals surface area contributed by atoms with Gasteiger partial charge in [-0.1, -0.05) is 33.6 Å². The topological polar surface area (TPSA) is 28.2 Å². The van der Waals surface area contributed by atoms with Crippen LogP contribution in [-0.2, 0) is 6.54 Å². The summed E-state index contributed by atoms with van der Waals surface area (Å²) < 4.78 is 1.06. The van der Waals surface area contributed by atoms with Crippen molar-refractivity contribution in [3.63, 3.8) is 0 Å². The molecule has 1 aromatic heterocycles. The summed E-state index contributed by atoms with van der Waals surface area (Å²) in [6.07, 6.45) is 6.81. The fraction of sp³-hybridized carbons (Fsp3) is 0.688. The van der Waals surface area contributed by atoms with Gasteiger partial charge in [-0.3, -0.25) is 0 Å². The summed E-state index contributed by atoms with van der Waals surface area (Å²) in [5.74, 6) is 1.15. The van der Waals surface area contributed by atoms with Crippen LogP contribution in [0.4, 0.5) is 5.82 Å². The number of pyridine rings is 1. The number of aromatic nitrogens is 1. The molecule has 1 aromatic rings. The average Bonchev–Trinajstić information content (AvgIpc) is 2.46. The van der Waals surface area contributed by atoms with Gasteiger partial charge in [0.25, 0.3) is 0 Å². The minimum Gasteiger partial charge on any atom is -0.356 e. The van der Waals surface area contributed by atoms with Gasteiger partial charge < -0.3 is 10.2 Å². The Morgan fingerprint density at radius 3 is 2.35 bits per heavy atom. The number of hydrogen-bond acceptors (Lipinski definition) is 3. The first-order valence-electron chi connectivity index (χ1n) is 7.82. The molecule has 4 heteroatoms. The number of hydrogen-bond donors (Lipinski definition) is 1. The van der Waals surface area contributed by atoms with Gasteiger partial charge >= 0.3 is 0 Å². The van der Waals surface area contributed by atoms with Crippen LogP contribution < -0.4 is 10.2 Å². The third-order valence-corrected chi connectivity index (χ3v) is 3.77. The van der Waals surface area contributed by atoms with Gasteiger partial charge in [0.2, 0.25) is 0 Å². The number of rotatable bonds is 10. The lowest BCUT2D eigenvalue weighted by Crippen LogP contribution is -2.28. The highest BCUT2D eigenvalue weighted by Gasteiger charge is 2.12. The Morgan fingerprint density at radius 1 is 1.15 bits per heavy atom. The number of nitrogens with one attached hydrogen (secondary N) is 1. The fourth-order valence-corrected chi connectivity index (χ4v) is 2.55. The van der Waals surface area contributed by atoms with Gasteiger partial charge in [0, 0.05) is 35.9 Å². The van der Waals surface area contributed by atoms with Crippen LogP contribution in [0.15, 0.2) is 16.7 Å². The molecule has 0 fully saturated rings. The average molecular weight is 342 g/mol. The second kappa shape index (κ2) is 10.2. The first-order chi connectivity index (χ1) is 9.72. The van der Waals surface area contributed by atoms with Gasteiger partial charge in [0.1, 0.15) is 5.82 Å². The minimum atomic E-state index is 0.882. The molecule has 1 heterocycles. The van der Waals surface area contributed by atoms with Crippen molar-refractivity contribution < 1.29 is 0 Å². The van der Waals surface area contributed by atoms with Crippen molar-refractivity contribution in [1.29, 1.82) is 0 Å². The van der Waals surface area contributed by atoms with E-state index in [0.717, 1.165) is 36.5 Å². The van der Waals surface area contributed by atoms with Crippen molar-refractivity contribution in [2.75, 3.05) is 24.5 Å². The first-order valence-corrected chi connectivity index (χ1v) is 8.62. The van der Waals surface area contributed by atoms with E-state index in [1.165, 1.54) is 31.2 Å². The van der Waals surface area contributed by atoms with Crippen LogP contribution in [0.1, 0.15) is 52.0 Å². The standard InChI is InChI=1S/C16H28BrN3/c1-4-7-9-20(10-8-5-2)16-14(12-18-6-3)11-15(17)13-19-16/h11,13,18H,4-10,12H2,1-3H3. The van der Waals surface area contributed by atoms with Crippen molar-refractivity contribution in [1.82, 2.24) is 10.3 Å². The molecule has 0 aliphatic rings. The van der Waals surface area contributed by atoms with Crippen molar-refractivity contribution in [3.8, 4) is 0 Å². The largest absolute Gasteiger partial charge is 0.356 e. The molecule has 0 radical (unpaired) electrons. The van der Waals surface area contributed by atoms with E-state index in [4.69, 9.17) is 0 Å². The highest BCUT2D eigenvalue weighted by atomic mass is 79.9. The quantitative estimate of drug-likeness (QED) is 0.685. The van der Waals surface area contributed by atoms with Crippen LogP contribution in [0.2, 0.25) is 0 Å². The van der Waals surface area contributed by atoms with E-state index < -0.39 is 0 Å². The molecule has 1 rings (SSSR count). The Kier molecular flexibility index (Phi) is 8.86. The van der Waals surface area contributed by atoms with E-state index in [2.05, 4.69) is 58.0 Å². The number of unbranched alkanes of at least 4 members (excludes halogenated alkanes) is 2. The number of nitrogens with zero attached hydrogens (tertiary/aromatic N) is 2. The molecular weight excluding hydrogens is 314 g/mol. The lowest BCUT2D eigenvalue weighted by Gasteiger charge is -2.26. The van der Waals surface area contributed by atoms with Gasteiger partial charge in [-0.05, 0) is 41.4 Å². The highest BCUT2D eigenvalue weighted by molar-refractivity contribution is 9.10. The molecule has 20 heavy (non-hydrogen) atoms. The molecule has 0 spiro atoms. The Balaban J connectivity index is 2.90. The zero-order valence-corrected chi connectivity index (χ0v) is 14.7. The summed E-state index contributed by atoms with van der Waals surface area (Å²) in [5.41, 5.74) is 1.29. The van der Waals surface area contributed by atoms with Crippen LogP contribution in [0.25, 0.3) is 0 Å². The smallest absolute Gasteiger partial charge is 0.133 e. The predicted octanol–water partition coefficient (Wildman–Crippen LogP) is 4.36. The van der Waals surface area contributed by atoms with Crippen molar-refractivity contribution in [2.24, 2.45) is 0 Å². The van der Waals surface area contributed by atoms with Crippen molar-refractivity contribution >= 4 is 21.7 Å². The van der Waals surface area contributed by atoms with Crippen molar-refractivity contribution in [2.45, 2.75) is 53.0 Å². The molecule has 1 N–H and O–H groups in total. The molecule has 0 aliphatic heterocycles. The zero-order valence-electron chi connectivity index (χ0n) is 13.1. The molecule has 0 aliphatic carbocycles. The van der Waals surface area contributed by atoms with Crippen LogP contribution in [-0.4, -0.2) is 24.6 Å². The summed E-state index contributed by atoms with van der Waals surface area (Å²) >= 11 is 3.53. The summed E-state index contributed by atoms with van der Waals surface area (Å²) in [7, 11) is 0. The minimum absolute atomic E-state index is 0.882. The lowest BCUT2D eigenvalue weighted by atomic mass is 10.2. The Hall–Kier alpha value is -0.610. The monoisotopic (exact) mass is 341 g/mol. The molecule has 3 nitrogen and oxygen atoms in total. The van der Waals surface area contributed by atoms with E-state index >= 15 is 0 Å². The summed E-state index contributed by atoms with van der Waals surface area (Å²) in [6, 6.07) is 2.19. The molecule has 0 unspecified atom stereocenters. The van der Waals surface area contributed by atoms with Gasteiger partial charge in [-0.15, -0.1) is 0 Å². The highest BCUT2D eigenvalue weighted by Crippen LogP contribution is 2.22. The number of anilines is 1. The van der Waals surface area contributed by atoms with Crippen LogP contribution in [0.5, 0.6) is 0 Å². The number of halogens is 1. The Labute approximate surface area is 132 Å². The third-order valence-electron chi connectivity index (χ3n) is 3.34. The van der Waals surface area contributed by atoms with Crippen LogP contribution in [0, 0.1) is 0 Å². The molecule has 0 saturated heterocycles. The SMILES string of the molecule is CCCCN(CCCC)c1ncc(Br)cc1CNCC. The summed E-state index contributed by atoms with van der Waals surface area (Å²) in [4.78, 5) is 7.13. The maximum atomic E-state index is 4.68. The van der Waals surface area contributed by atoms with E-state index in [1.54, 1.807) is 0 Å². The van der Waals surface area contributed by atoms with E-state index in [-0.39, 0.29) is 0 Å². The van der Waals surface area contributed by atoms with E-state index in [0.29, 0.717) is 0 Å². The zero-order chi connectivity index (χ0) is 14.8. The molecule has 114 valence electrons. The van der Waals surface area contributed by atoms with Gasteiger partial charge in [0.15, 0.2) is 0 Å².